The molecule has 0 spiro atoms. The lowest BCUT2D eigenvalue weighted by molar-refractivity contribution is -0.140. The highest BCUT2D eigenvalue weighted by Crippen LogP contribution is 2.47. The van der Waals surface area contributed by atoms with Gasteiger partial charge >= 0.3 is 0 Å². The minimum atomic E-state index is -1.16. The minimum absolute atomic E-state index is 0.00737. The molecule has 1 unspecified atom stereocenters. The van der Waals surface area contributed by atoms with E-state index in [1.54, 1.807) is 6.07 Å². The molecule has 2 aromatic carbocycles. The Bertz CT molecular complexity index is 1170. The SMILES string of the molecule is CCN(CC)CCN1C(=O)C(=O)/C(=C(/O)c2cc(Cl)c(OC)c(Cl)c2OC)C1c1ccccc1F. The smallest absolute Gasteiger partial charge is 0.295 e. The molecule has 0 radical (unpaired) electrons. The third-order valence-corrected chi connectivity index (χ3v) is 6.71. The summed E-state index contributed by atoms with van der Waals surface area (Å²) in [6, 6.07) is 5.99. The summed E-state index contributed by atoms with van der Waals surface area (Å²) in [6.07, 6.45) is 0. The molecule has 1 atom stereocenters. The first-order valence-corrected chi connectivity index (χ1v) is 11.8. The third kappa shape index (κ3) is 4.96. The molecule has 0 saturated carbocycles. The van der Waals surface area contributed by atoms with Gasteiger partial charge in [-0.1, -0.05) is 55.2 Å². The number of amides is 1. The molecule has 1 aliphatic heterocycles. The standard InChI is InChI=1S/C25H27Cl2FN2O5/c1-5-29(6-2)11-12-30-20(14-9-7-8-10-17(14)28)18(22(32)25(30)33)21(31)15-13-16(26)24(35-4)19(27)23(15)34-3/h7-10,13,20,31H,5-6,11-12H2,1-4H3/b21-18+. The molecule has 7 nitrogen and oxygen atoms in total. The average molecular weight is 525 g/mol. The number of carbonyl (C=O) groups is 2. The van der Waals surface area contributed by atoms with Crippen molar-refractivity contribution in [1.29, 1.82) is 0 Å². The van der Waals surface area contributed by atoms with E-state index >= 15 is 0 Å². The van der Waals surface area contributed by atoms with Gasteiger partial charge in [0.1, 0.15) is 16.6 Å². The lowest BCUT2D eigenvalue weighted by Gasteiger charge is -2.28. The summed E-state index contributed by atoms with van der Waals surface area (Å²) in [7, 11) is 2.69. The summed E-state index contributed by atoms with van der Waals surface area (Å²) in [4.78, 5) is 29.7. The van der Waals surface area contributed by atoms with Crippen molar-refractivity contribution in [2.45, 2.75) is 19.9 Å². The molecule has 1 heterocycles. The fourth-order valence-corrected chi connectivity index (χ4v) is 4.90. The van der Waals surface area contributed by atoms with E-state index in [0.717, 1.165) is 13.1 Å². The number of likely N-dealkylation sites (tertiary alicyclic amines) is 1. The van der Waals surface area contributed by atoms with Gasteiger partial charge in [-0.3, -0.25) is 9.59 Å². The van der Waals surface area contributed by atoms with Gasteiger partial charge in [0.25, 0.3) is 11.7 Å². The maximum atomic E-state index is 15.0. The second-order valence-corrected chi connectivity index (χ2v) is 8.61. The zero-order valence-electron chi connectivity index (χ0n) is 19.9. The number of rotatable bonds is 9. The van der Waals surface area contributed by atoms with E-state index in [9.17, 15) is 19.1 Å². The maximum absolute atomic E-state index is 15.0. The number of benzene rings is 2. The Kier molecular flexibility index (Phi) is 8.64. The van der Waals surface area contributed by atoms with Crippen LogP contribution < -0.4 is 9.47 Å². The van der Waals surface area contributed by atoms with Crippen LogP contribution in [0.1, 0.15) is 31.0 Å². The average Bonchev–Trinajstić information content (AvgIpc) is 3.09. The van der Waals surface area contributed by atoms with Crippen LogP contribution in [-0.4, -0.2) is 67.0 Å². The van der Waals surface area contributed by atoms with E-state index in [1.807, 2.05) is 13.8 Å². The van der Waals surface area contributed by atoms with Gasteiger partial charge in [0, 0.05) is 18.7 Å². The van der Waals surface area contributed by atoms with Crippen LogP contribution in [-0.2, 0) is 9.59 Å². The molecule has 1 saturated heterocycles. The Labute approximate surface area is 213 Å². The van der Waals surface area contributed by atoms with Crippen LogP contribution in [0.2, 0.25) is 10.0 Å². The highest BCUT2D eigenvalue weighted by Gasteiger charge is 2.47. The molecule has 188 valence electrons. The summed E-state index contributed by atoms with van der Waals surface area (Å²) >= 11 is 12.6. The van der Waals surface area contributed by atoms with Crippen molar-refractivity contribution in [2.24, 2.45) is 0 Å². The molecule has 1 aliphatic rings. The van der Waals surface area contributed by atoms with Gasteiger partial charge in [-0.15, -0.1) is 0 Å². The Morgan fingerprint density at radius 1 is 1.11 bits per heavy atom. The molecule has 35 heavy (non-hydrogen) atoms. The van der Waals surface area contributed by atoms with Gasteiger partial charge in [0.15, 0.2) is 11.5 Å². The summed E-state index contributed by atoms with van der Waals surface area (Å²) in [6.45, 7) is 6.07. The number of hydrogen-bond donors (Lipinski definition) is 1. The van der Waals surface area contributed by atoms with Crippen molar-refractivity contribution < 1.29 is 28.6 Å². The number of hydrogen-bond acceptors (Lipinski definition) is 6. The molecular weight excluding hydrogens is 498 g/mol. The van der Waals surface area contributed by atoms with Crippen LogP contribution >= 0.6 is 23.2 Å². The van der Waals surface area contributed by atoms with Crippen molar-refractivity contribution in [3.63, 3.8) is 0 Å². The summed E-state index contributed by atoms with van der Waals surface area (Å²) < 4.78 is 25.5. The number of likely N-dealkylation sites (N-methyl/N-ethyl adjacent to an activating group) is 1. The van der Waals surface area contributed by atoms with E-state index in [-0.39, 0.29) is 44.8 Å². The highest BCUT2D eigenvalue weighted by molar-refractivity contribution is 6.47. The van der Waals surface area contributed by atoms with Gasteiger partial charge in [-0.05, 0) is 25.2 Å². The molecule has 2 aromatic rings. The first kappa shape index (κ1) is 26.8. The highest BCUT2D eigenvalue weighted by atomic mass is 35.5. The van der Waals surface area contributed by atoms with Crippen LogP contribution in [0.25, 0.3) is 5.76 Å². The Morgan fingerprint density at radius 3 is 2.31 bits per heavy atom. The Morgan fingerprint density at radius 2 is 1.74 bits per heavy atom. The van der Waals surface area contributed by atoms with Crippen molar-refractivity contribution in [3.8, 4) is 11.5 Å². The van der Waals surface area contributed by atoms with Gasteiger partial charge in [-0.2, -0.15) is 0 Å². The first-order valence-electron chi connectivity index (χ1n) is 11.1. The summed E-state index contributed by atoms with van der Waals surface area (Å²) in [5.41, 5.74) is -0.223. The van der Waals surface area contributed by atoms with Crippen LogP contribution in [0.5, 0.6) is 11.5 Å². The van der Waals surface area contributed by atoms with Gasteiger partial charge in [0.05, 0.1) is 36.4 Å². The molecule has 10 heteroatoms. The van der Waals surface area contributed by atoms with Crippen molar-refractivity contribution in [3.05, 3.63) is 62.9 Å². The van der Waals surface area contributed by atoms with Gasteiger partial charge in [0.2, 0.25) is 0 Å². The lowest BCUT2D eigenvalue weighted by atomic mass is 9.94. The lowest BCUT2D eigenvalue weighted by Crippen LogP contribution is -2.38. The molecule has 1 amide bonds. The maximum Gasteiger partial charge on any atom is 0.295 e. The van der Waals surface area contributed by atoms with Crippen LogP contribution in [0.4, 0.5) is 4.39 Å². The second kappa shape index (κ2) is 11.3. The minimum Gasteiger partial charge on any atom is -0.507 e. The van der Waals surface area contributed by atoms with Crippen molar-refractivity contribution >= 4 is 40.7 Å². The molecule has 1 fully saturated rings. The number of ketones is 1. The van der Waals surface area contributed by atoms with Gasteiger partial charge < -0.3 is 24.4 Å². The van der Waals surface area contributed by atoms with Crippen LogP contribution in [0.3, 0.4) is 0 Å². The zero-order valence-corrected chi connectivity index (χ0v) is 21.4. The number of aliphatic hydroxyl groups excluding tert-OH is 1. The molecule has 3 rings (SSSR count). The van der Waals surface area contributed by atoms with Gasteiger partial charge in [-0.25, -0.2) is 4.39 Å². The zero-order chi connectivity index (χ0) is 25.9. The Hall–Kier alpha value is -2.81. The number of halogens is 3. The molecule has 0 aromatic heterocycles. The van der Waals surface area contributed by atoms with E-state index < -0.39 is 29.3 Å². The molecule has 0 bridgehead atoms. The number of aliphatic hydroxyl groups is 1. The van der Waals surface area contributed by atoms with E-state index in [0.29, 0.717) is 6.54 Å². The predicted molar refractivity (Wildman–Crippen MR) is 133 cm³/mol. The topological polar surface area (TPSA) is 79.3 Å². The number of nitrogens with zero attached hydrogens (tertiary/aromatic N) is 2. The predicted octanol–water partition coefficient (Wildman–Crippen LogP) is 4.91. The normalized spacial score (nSPS) is 17.4. The van der Waals surface area contributed by atoms with Crippen molar-refractivity contribution in [1.82, 2.24) is 9.80 Å². The Balaban J connectivity index is 2.25. The summed E-state index contributed by atoms with van der Waals surface area (Å²) in [5.74, 6) is -2.86. The van der Waals surface area contributed by atoms with Crippen LogP contribution in [0.15, 0.2) is 35.9 Å². The van der Waals surface area contributed by atoms with Crippen molar-refractivity contribution in [2.75, 3.05) is 40.4 Å². The molecule has 1 N–H and O–H groups in total. The first-order chi connectivity index (χ1) is 16.7. The van der Waals surface area contributed by atoms with E-state index in [4.69, 9.17) is 32.7 Å². The largest absolute Gasteiger partial charge is 0.507 e. The number of ether oxygens (including phenoxy) is 2. The quantitative estimate of drug-likeness (QED) is 0.285. The van der Waals surface area contributed by atoms with E-state index in [1.165, 1.54) is 43.4 Å². The monoisotopic (exact) mass is 524 g/mol. The fourth-order valence-electron chi connectivity index (χ4n) is 4.21. The van der Waals surface area contributed by atoms with E-state index in [2.05, 4.69) is 4.90 Å². The number of methoxy groups -OCH3 is 2. The third-order valence-electron chi connectivity index (χ3n) is 6.09. The summed E-state index contributed by atoms with van der Waals surface area (Å²) in [5, 5.41) is 11.4. The fraction of sp³-hybridized carbons (Fsp3) is 0.360. The number of Topliss-reactive ketones (excluding diaryl/α,β-unsaturated/α-hetero) is 1. The van der Waals surface area contributed by atoms with Crippen LogP contribution in [0, 0.1) is 5.82 Å². The molecular formula is C25H27Cl2FN2O5. The second-order valence-electron chi connectivity index (χ2n) is 7.83. The number of carbonyl (C=O) groups excluding carboxylic acids is 2. The molecule has 0 aliphatic carbocycles.